The van der Waals surface area contributed by atoms with Gasteiger partial charge in [0.25, 0.3) is 0 Å². The number of rotatable bonds is 1. The van der Waals surface area contributed by atoms with Gasteiger partial charge in [0.2, 0.25) is 0 Å². The van der Waals surface area contributed by atoms with Crippen molar-refractivity contribution in [2.45, 2.75) is 38.6 Å². The second-order valence-electron chi connectivity index (χ2n) is 4.95. The van der Waals surface area contributed by atoms with Crippen molar-refractivity contribution in [3.8, 4) is 0 Å². The molecule has 1 fully saturated rings. The van der Waals surface area contributed by atoms with Gasteiger partial charge in [-0.05, 0) is 42.5 Å². The predicted molar refractivity (Wildman–Crippen MR) is 67.4 cm³/mol. The van der Waals surface area contributed by atoms with E-state index in [1.54, 1.807) is 11.3 Å². The summed E-state index contributed by atoms with van der Waals surface area (Å²) in [5.74, 6) is 1.49. The number of thiophene rings is 1. The van der Waals surface area contributed by atoms with Gasteiger partial charge in [0.15, 0.2) is 0 Å². The standard InChI is InChI=1S/C12H18ClNS/c1-8-3-5-12(14,7-9(8)2)11-10(13)4-6-15-11/h4,6,8-9H,3,5,7,14H2,1-2H3. The number of hydrogen-bond acceptors (Lipinski definition) is 2. The molecule has 1 aromatic heterocycles. The summed E-state index contributed by atoms with van der Waals surface area (Å²) in [5.41, 5.74) is 6.33. The Kier molecular flexibility index (Phi) is 3.11. The van der Waals surface area contributed by atoms with Crippen molar-refractivity contribution < 1.29 is 0 Å². The van der Waals surface area contributed by atoms with Crippen LogP contribution in [0.3, 0.4) is 0 Å². The van der Waals surface area contributed by atoms with E-state index in [0.717, 1.165) is 23.8 Å². The summed E-state index contributed by atoms with van der Waals surface area (Å²) in [6.07, 6.45) is 3.35. The smallest absolute Gasteiger partial charge is 0.0564 e. The SMILES string of the molecule is CC1CCC(N)(c2sccc2Cl)CC1C. The van der Waals surface area contributed by atoms with Crippen LogP contribution in [0.5, 0.6) is 0 Å². The Morgan fingerprint density at radius 3 is 2.73 bits per heavy atom. The van der Waals surface area contributed by atoms with Crippen LogP contribution in [0.2, 0.25) is 5.02 Å². The molecule has 1 aliphatic rings. The maximum Gasteiger partial charge on any atom is 0.0564 e. The average Bonchev–Trinajstić information content (AvgIpc) is 2.59. The van der Waals surface area contributed by atoms with E-state index in [-0.39, 0.29) is 5.54 Å². The van der Waals surface area contributed by atoms with Crippen LogP contribution in [0.15, 0.2) is 11.4 Å². The topological polar surface area (TPSA) is 26.0 Å². The van der Waals surface area contributed by atoms with Crippen LogP contribution in [-0.4, -0.2) is 0 Å². The molecule has 0 amide bonds. The summed E-state index contributed by atoms with van der Waals surface area (Å²) in [6, 6.07) is 1.96. The summed E-state index contributed by atoms with van der Waals surface area (Å²) < 4.78 is 0. The van der Waals surface area contributed by atoms with Crippen molar-refractivity contribution in [2.75, 3.05) is 0 Å². The molecule has 1 aromatic rings. The van der Waals surface area contributed by atoms with Gasteiger partial charge in [0.05, 0.1) is 10.6 Å². The fourth-order valence-corrected chi connectivity index (χ4v) is 3.90. The molecule has 0 spiro atoms. The van der Waals surface area contributed by atoms with Crippen LogP contribution < -0.4 is 5.73 Å². The lowest BCUT2D eigenvalue weighted by atomic mass is 9.71. The monoisotopic (exact) mass is 243 g/mol. The summed E-state index contributed by atoms with van der Waals surface area (Å²) in [6.45, 7) is 4.62. The van der Waals surface area contributed by atoms with Gasteiger partial charge in [0.1, 0.15) is 0 Å². The minimum Gasteiger partial charge on any atom is -0.321 e. The van der Waals surface area contributed by atoms with Gasteiger partial charge in [-0.25, -0.2) is 0 Å². The molecule has 2 rings (SSSR count). The molecule has 0 aliphatic heterocycles. The lowest BCUT2D eigenvalue weighted by Gasteiger charge is -2.39. The van der Waals surface area contributed by atoms with E-state index in [1.807, 2.05) is 11.4 Å². The van der Waals surface area contributed by atoms with Gasteiger partial charge in [-0.15, -0.1) is 11.3 Å². The van der Waals surface area contributed by atoms with Crippen molar-refractivity contribution >= 4 is 22.9 Å². The van der Waals surface area contributed by atoms with E-state index in [1.165, 1.54) is 11.3 Å². The summed E-state index contributed by atoms with van der Waals surface area (Å²) >= 11 is 7.88. The van der Waals surface area contributed by atoms with Gasteiger partial charge in [-0.2, -0.15) is 0 Å². The Hall–Kier alpha value is -0.0500. The summed E-state index contributed by atoms with van der Waals surface area (Å²) in [7, 11) is 0. The molecule has 3 heteroatoms. The molecule has 0 saturated heterocycles. The van der Waals surface area contributed by atoms with Crippen LogP contribution in [0, 0.1) is 11.8 Å². The highest BCUT2D eigenvalue weighted by Crippen LogP contribution is 2.44. The molecule has 0 radical (unpaired) electrons. The van der Waals surface area contributed by atoms with E-state index >= 15 is 0 Å². The second-order valence-corrected chi connectivity index (χ2v) is 6.27. The molecule has 84 valence electrons. The molecule has 1 saturated carbocycles. The highest BCUT2D eigenvalue weighted by Gasteiger charge is 2.37. The van der Waals surface area contributed by atoms with E-state index in [0.29, 0.717) is 5.92 Å². The van der Waals surface area contributed by atoms with Crippen LogP contribution >= 0.6 is 22.9 Å². The minimum atomic E-state index is -0.169. The predicted octanol–water partition coefficient (Wildman–Crippen LogP) is 4.01. The Bertz CT molecular complexity index is 349. The van der Waals surface area contributed by atoms with Crippen LogP contribution in [0.1, 0.15) is 38.0 Å². The summed E-state index contributed by atoms with van der Waals surface area (Å²) in [5, 5.41) is 2.89. The first kappa shape index (κ1) is 11.4. The fourth-order valence-electron chi connectivity index (χ4n) is 2.50. The normalized spacial score (nSPS) is 36.8. The van der Waals surface area contributed by atoms with Crippen molar-refractivity contribution in [3.05, 3.63) is 21.3 Å². The van der Waals surface area contributed by atoms with Crippen LogP contribution in [0.4, 0.5) is 0 Å². The van der Waals surface area contributed by atoms with Crippen molar-refractivity contribution in [1.82, 2.24) is 0 Å². The molecule has 1 heterocycles. The lowest BCUT2D eigenvalue weighted by molar-refractivity contribution is 0.180. The van der Waals surface area contributed by atoms with E-state index in [2.05, 4.69) is 13.8 Å². The van der Waals surface area contributed by atoms with Gasteiger partial charge in [-0.1, -0.05) is 25.4 Å². The van der Waals surface area contributed by atoms with E-state index in [4.69, 9.17) is 17.3 Å². The third-order valence-electron chi connectivity index (χ3n) is 3.77. The van der Waals surface area contributed by atoms with E-state index in [9.17, 15) is 0 Å². The first-order valence-electron chi connectivity index (χ1n) is 5.55. The molecule has 3 atom stereocenters. The van der Waals surface area contributed by atoms with Gasteiger partial charge >= 0.3 is 0 Å². The molecule has 1 nitrogen and oxygen atoms in total. The zero-order chi connectivity index (χ0) is 11.1. The van der Waals surface area contributed by atoms with E-state index < -0.39 is 0 Å². The van der Waals surface area contributed by atoms with Crippen LogP contribution in [0.25, 0.3) is 0 Å². The zero-order valence-electron chi connectivity index (χ0n) is 9.29. The average molecular weight is 244 g/mol. The van der Waals surface area contributed by atoms with Gasteiger partial charge in [-0.3, -0.25) is 0 Å². The molecule has 3 unspecified atom stereocenters. The molecule has 0 bridgehead atoms. The lowest BCUT2D eigenvalue weighted by Crippen LogP contribution is -2.42. The number of halogens is 1. The zero-order valence-corrected chi connectivity index (χ0v) is 10.9. The Balaban J connectivity index is 2.25. The first-order chi connectivity index (χ1) is 7.03. The van der Waals surface area contributed by atoms with Crippen molar-refractivity contribution in [1.29, 1.82) is 0 Å². The molecular formula is C12H18ClNS. The van der Waals surface area contributed by atoms with Crippen molar-refractivity contribution in [3.63, 3.8) is 0 Å². The second kappa shape index (κ2) is 4.08. The fraction of sp³-hybridized carbons (Fsp3) is 0.667. The number of hydrogen-bond donors (Lipinski definition) is 1. The number of nitrogens with two attached hydrogens (primary N) is 1. The summed E-state index contributed by atoms with van der Waals surface area (Å²) in [4.78, 5) is 1.18. The van der Waals surface area contributed by atoms with Crippen LogP contribution in [-0.2, 0) is 5.54 Å². The molecule has 2 N–H and O–H groups in total. The Labute approximate surface area is 101 Å². The Morgan fingerprint density at radius 2 is 2.20 bits per heavy atom. The van der Waals surface area contributed by atoms with Gasteiger partial charge in [0, 0.05) is 4.88 Å². The molecule has 15 heavy (non-hydrogen) atoms. The first-order valence-corrected chi connectivity index (χ1v) is 6.81. The highest BCUT2D eigenvalue weighted by molar-refractivity contribution is 7.10. The largest absolute Gasteiger partial charge is 0.321 e. The third kappa shape index (κ3) is 2.08. The minimum absolute atomic E-state index is 0.169. The van der Waals surface area contributed by atoms with Crippen molar-refractivity contribution in [2.24, 2.45) is 17.6 Å². The molecule has 1 aliphatic carbocycles. The Morgan fingerprint density at radius 1 is 1.47 bits per heavy atom. The third-order valence-corrected chi connectivity index (χ3v) is 5.33. The maximum atomic E-state index is 6.50. The maximum absolute atomic E-state index is 6.50. The molecule has 0 aromatic carbocycles. The highest BCUT2D eigenvalue weighted by atomic mass is 35.5. The molecular weight excluding hydrogens is 226 g/mol. The quantitative estimate of drug-likeness (QED) is 0.793. The van der Waals surface area contributed by atoms with Gasteiger partial charge < -0.3 is 5.73 Å².